The Morgan fingerprint density at radius 2 is 2.05 bits per heavy atom. The van der Waals surface area contributed by atoms with Gasteiger partial charge in [-0.1, -0.05) is 18.2 Å². The molecule has 3 rings (SSSR count). The molecular weight excluding hydrogens is 429 g/mol. The van der Waals surface area contributed by atoms with Gasteiger partial charge in [-0.2, -0.15) is 0 Å². The molecule has 1 aliphatic rings. The molecule has 1 aliphatic heterocycles. The third kappa shape index (κ3) is 2.39. The summed E-state index contributed by atoms with van der Waals surface area (Å²) < 4.78 is 1.91. The third-order valence-electron chi connectivity index (χ3n) is 3.58. The van der Waals surface area contributed by atoms with E-state index < -0.39 is 0 Å². The molecule has 2 nitrogen and oxygen atoms in total. The molecule has 0 N–H and O–H groups in total. The van der Waals surface area contributed by atoms with E-state index in [-0.39, 0.29) is 11.9 Å². The van der Waals surface area contributed by atoms with Crippen molar-refractivity contribution in [3.05, 3.63) is 61.6 Å². The molecule has 0 bridgehead atoms. The Labute approximate surface area is 140 Å². The number of carbonyl (C=O) groups is 1. The minimum Gasteiger partial charge on any atom is -0.305 e. The van der Waals surface area contributed by atoms with Crippen molar-refractivity contribution in [3.63, 3.8) is 0 Å². The van der Waals surface area contributed by atoms with E-state index in [4.69, 9.17) is 0 Å². The van der Waals surface area contributed by atoms with E-state index in [9.17, 15) is 4.79 Å². The zero-order chi connectivity index (χ0) is 14.3. The van der Waals surface area contributed by atoms with E-state index in [1.54, 1.807) is 0 Å². The maximum Gasteiger partial charge on any atom is 0.259 e. The summed E-state index contributed by atoms with van der Waals surface area (Å²) >= 11 is 5.72. The molecule has 0 radical (unpaired) electrons. The van der Waals surface area contributed by atoms with Crippen LogP contribution in [0.4, 0.5) is 5.69 Å². The van der Waals surface area contributed by atoms with Crippen LogP contribution in [-0.4, -0.2) is 11.9 Å². The third-order valence-corrected chi connectivity index (χ3v) is 4.95. The van der Waals surface area contributed by atoms with Crippen molar-refractivity contribution in [2.24, 2.45) is 0 Å². The van der Waals surface area contributed by atoms with Crippen LogP contribution in [0.1, 0.15) is 22.8 Å². The molecule has 4 heteroatoms. The van der Waals surface area contributed by atoms with Gasteiger partial charge in [0.15, 0.2) is 0 Å². The first-order valence-electron chi connectivity index (χ1n) is 6.44. The highest BCUT2D eigenvalue weighted by molar-refractivity contribution is 14.1. The van der Waals surface area contributed by atoms with E-state index in [1.165, 1.54) is 5.56 Å². The number of nitrogens with zero attached hydrogens (tertiary/aromatic N) is 1. The van der Waals surface area contributed by atoms with Gasteiger partial charge in [-0.25, -0.2) is 0 Å². The molecule has 1 amide bonds. The highest BCUT2D eigenvalue weighted by Gasteiger charge is 2.31. The van der Waals surface area contributed by atoms with Crippen LogP contribution in [-0.2, 0) is 6.42 Å². The molecular formula is C16H13BrINO. The Kier molecular flexibility index (Phi) is 3.86. The summed E-state index contributed by atoms with van der Waals surface area (Å²) in [5.41, 5.74) is 3.01. The standard InChI is InChI=1S/C16H13BrINO/c1-10-8-11-4-2-3-5-15(11)19(10)16(20)13-9-12(18)6-7-14(13)17/h2-7,9-10H,8H2,1H3. The fraction of sp³-hybridized carbons (Fsp3) is 0.188. The molecule has 102 valence electrons. The SMILES string of the molecule is CC1Cc2ccccc2N1C(=O)c1cc(I)ccc1Br. The van der Waals surface area contributed by atoms with Crippen molar-refractivity contribution < 1.29 is 4.79 Å². The number of hydrogen-bond donors (Lipinski definition) is 0. The van der Waals surface area contributed by atoms with Gasteiger partial charge in [0.1, 0.15) is 0 Å². The average Bonchev–Trinajstić information content (AvgIpc) is 2.76. The Hall–Kier alpha value is -0.880. The summed E-state index contributed by atoms with van der Waals surface area (Å²) in [5.74, 6) is 0.0628. The number of para-hydroxylation sites is 1. The zero-order valence-electron chi connectivity index (χ0n) is 10.9. The van der Waals surface area contributed by atoms with Gasteiger partial charge in [0.25, 0.3) is 5.91 Å². The Bertz CT molecular complexity index is 686. The lowest BCUT2D eigenvalue weighted by Crippen LogP contribution is -2.35. The normalized spacial score (nSPS) is 17.1. The van der Waals surface area contributed by atoms with Gasteiger partial charge in [-0.05, 0) is 81.7 Å². The van der Waals surface area contributed by atoms with Crippen LogP contribution in [0.15, 0.2) is 46.9 Å². The fourth-order valence-electron chi connectivity index (χ4n) is 2.67. The summed E-state index contributed by atoms with van der Waals surface area (Å²) in [6.45, 7) is 2.10. The lowest BCUT2D eigenvalue weighted by atomic mass is 10.1. The number of amides is 1. The maximum absolute atomic E-state index is 12.9. The van der Waals surface area contributed by atoms with Crippen LogP contribution in [0, 0.1) is 3.57 Å². The van der Waals surface area contributed by atoms with Crippen molar-refractivity contribution >= 4 is 50.1 Å². The molecule has 0 fully saturated rings. The molecule has 1 unspecified atom stereocenters. The van der Waals surface area contributed by atoms with Crippen LogP contribution in [0.3, 0.4) is 0 Å². The van der Waals surface area contributed by atoms with Gasteiger partial charge >= 0.3 is 0 Å². The van der Waals surface area contributed by atoms with E-state index >= 15 is 0 Å². The molecule has 0 spiro atoms. The summed E-state index contributed by atoms with van der Waals surface area (Å²) in [6.07, 6.45) is 0.920. The predicted molar refractivity (Wildman–Crippen MR) is 93.3 cm³/mol. The largest absolute Gasteiger partial charge is 0.305 e. The molecule has 2 aromatic carbocycles. The van der Waals surface area contributed by atoms with Crippen LogP contribution >= 0.6 is 38.5 Å². The monoisotopic (exact) mass is 441 g/mol. The van der Waals surface area contributed by atoms with Crippen molar-refractivity contribution in [1.29, 1.82) is 0 Å². The van der Waals surface area contributed by atoms with E-state index in [0.29, 0.717) is 0 Å². The molecule has 20 heavy (non-hydrogen) atoms. The first-order chi connectivity index (χ1) is 9.58. The summed E-state index contributed by atoms with van der Waals surface area (Å²) in [5, 5.41) is 0. The van der Waals surface area contributed by atoms with Crippen LogP contribution in [0.25, 0.3) is 0 Å². The second kappa shape index (κ2) is 5.48. The number of halogens is 2. The number of anilines is 1. The topological polar surface area (TPSA) is 20.3 Å². The Morgan fingerprint density at radius 3 is 2.85 bits per heavy atom. The number of rotatable bonds is 1. The van der Waals surface area contributed by atoms with Gasteiger partial charge in [0.05, 0.1) is 5.56 Å². The molecule has 0 aliphatic carbocycles. The highest BCUT2D eigenvalue weighted by atomic mass is 127. The van der Waals surface area contributed by atoms with Gasteiger partial charge in [-0.15, -0.1) is 0 Å². The summed E-state index contributed by atoms with van der Waals surface area (Å²) in [7, 11) is 0. The second-order valence-electron chi connectivity index (χ2n) is 4.98. The Morgan fingerprint density at radius 1 is 1.30 bits per heavy atom. The van der Waals surface area contributed by atoms with Gasteiger partial charge in [0, 0.05) is 19.8 Å². The number of benzene rings is 2. The highest BCUT2D eigenvalue weighted by Crippen LogP contribution is 2.34. The fourth-order valence-corrected chi connectivity index (χ4v) is 3.57. The van der Waals surface area contributed by atoms with Crippen LogP contribution in [0.5, 0.6) is 0 Å². The van der Waals surface area contributed by atoms with Crippen LogP contribution < -0.4 is 4.90 Å². The first kappa shape index (κ1) is 14.1. The van der Waals surface area contributed by atoms with Gasteiger partial charge in [-0.3, -0.25) is 4.79 Å². The molecule has 0 saturated carbocycles. The van der Waals surface area contributed by atoms with Gasteiger partial charge < -0.3 is 4.90 Å². The lowest BCUT2D eigenvalue weighted by molar-refractivity contribution is 0.0980. The van der Waals surface area contributed by atoms with Crippen molar-refractivity contribution in [1.82, 2.24) is 0 Å². The number of hydrogen-bond acceptors (Lipinski definition) is 1. The first-order valence-corrected chi connectivity index (χ1v) is 8.31. The van der Waals surface area contributed by atoms with Crippen molar-refractivity contribution in [2.45, 2.75) is 19.4 Å². The van der Waals surface area contributed by atoms with E-state index in [0.717, 1.165) is 25.7 Å². The Balaban J connectivity index is 2.05. The quantitative estimate of drug-likeness (QED) is 0.590. The number of carbonyl (C=O) groups excluding carboxylic acids is 1. The summed E-state index contributed by atoms with van der Waals surface area (Å²) in [6, 6.07) is 14.2. The smallest absolute Gasteiger partial charge is 0.259 e. The molecule has 1 atom stereocenters. The average molecular weight is 442 g/mol. The minimum absolute atomic E-state index is 0.0628. The van der Waals surface area contributed by atoms with Crippen molar-refractivity contribution in [2.75, 3.05) is 4.90 Å². The maximum atomic E-state index is 12.9. The van der Waals surface area contributed by atoms with Crippen LogP contribution in [0.2, 0.25) is 0 Å². The number of fused-ring (bicyclic) bond motifs is 1. The molecule has 0 saturated heterocycles. The lowest BCUT2D eigenvalue weighted by Gasteiger charge is -2.23. The molecule has 0 aromatic heterocycles. The molecule has 2 aromatic rings. The predicted octanol–water partition coefficient (Wildman–Crippen LogP) is 4.65. The second-order valence-corrected chi connectivity index (χ2v) is 7.08. The van der Waals surface area contributed by atoms with E-state index in [2.05, 4.69) is 51.5 Å². The zero-order valence-corrected chi connectivity index (χ0v) is 14.7. The van der Waals surface area contributed by atoms with Gasteiger partial charge in [0.2, 0.25) is 0 Å². The minimum atomic E-state index is 0.0628. The van der Waals surface area contributed by atoms with E-state index in [1.807, 2.05) is 41.3 Å². The molecule has 1 heterocycles. The van der Waals surface area contributed by atoms with Crippen molar-refractivity contribution in [3.8, 4) is 0 Å². The summed E-state index contributed by atoms with van der Waals surface area (Å²) in [4.78, 5) is 14.8.